The van der Waals surface area contributed by atoms with E-state index < -0.39 is 4.75 Å². The molecule has 0 spiro atoms. The first-order valence-electron chi connectivity index (χ1n) is 6.90. The maximum Gasteiger partial charge on any atom is 0.154 e. The van der Waals surface area contributed by atoms with Crippen LogP contribution in [0.5, 0.6) is 0 Å². The van der Waals surface area contributed by atoms with Crippen LogP contribution in [0.15, 0.2) is 32.3 Å². The Morgan fingerprint density at radius 1 is 1.33 bits per heavy atom. The second-order valence-corrected chi connectivity index (χ2v) is 9.45. The molecule has 21 heavy (non-hydrogen) atoms. The van der Waals surface area contributed by atoms with E-state index in [1.165, 1.54) is 0 Å². The Morgan fingerprint density at radius 2 is 2.05 bits per heavy atom. The first-order chi connectivity index (χ1) is 9.68. The first kappa shape index (κ1) is 16.3. The number of aromatic nitrogens is 1. The minimum Gasteiger partial charge on any atom is -0.361 e. The summed E-state index contributed by atoms with van der Waals surface area (Å²) < 4.78 is 6.03. The molecule has 0 aromatic carbocycles. The largest absolute Gasteiger partial charge is 0.361 e. The van der Waals surface area contributed by atoms with Crippen molar-refractivity contribution >= 4 is 28.9 Å². The van der Waals surface area contributed by atoms with E-state index in [1.54, 1.807) is 23.1 Å². The van der Waals surface area contributed by atoms with Crippen LogP contribution >= 0.6 is 23.1 Å². The molecule has 2 heterocycles. The summed E-state index contributed by atoms with van der Waals surface area (Å²) in [4.78, 5) is 12.5. The smallest absolute Gasteiger partial charge is 0.154 e. The van der Waals surface area contributed by atoms with Gasteiger partial charge in [-0.1, -0.05) is 32.0 Å². The van der Waals surface area contributed by atoms with Gasteiger partial charge in [-0.2, -0.15) is 0 Å². The van der Waals surface area contributed by atoms with Gasteiger partial charge in [0.25, 0.3) is 0 Å². The van der Waals surface area contributed by atoms with E-state index in [4.69, 9.17) is 4.52 Å². The van der Waals surface area contributed by atoms with Gasteiger partial charge in [0.1, 0.15) is 5.76 Å². The van der Waals surface area contributed by atoms with E-state index in [2.05, 4.69) is 25.9 Å². The maximum atomic E-state index is 12.5. The van der Waals surface area contributed by atoms with Crippen LogP contribution in [0.1, 0.15) is 46.1 Å². The fourth-order valence-corrected chi connectivity index (χ4v) is 4.02. The average Bonchev–Trinajstić information content (AvgIpc) is 2.98. The Kier molecular flexibility index (Phi) is 4.63. The van der Waals surface area contributed by atoms with Crippen molar-refractivity contribution in [3.8, 4) is 0 Å². The molecule has 0 radical (unpaired) electrons. The Hall–Kier alpha value is -1.07. The van der Waals surface area contributed by atoms with Crippen LogP contribution in [0.25, 0.3) is 0 Å². The van der Waals surface area contributed by atoms with E-state index in [9.17, 15) is 4.79 Å². The number of hydrogen-bond donors (Lipinski definition) is 0. The molecule has 0 saturated carbocycles. The highest BCUT2D eigenvalue weighted by atomic mass is 32.2. The Labute approximate surface area is 134 Å². The van der Waals surface area contributed by atoms with Gasteiger partial charge in [0.15, 0.2) is 5.78 Å². The highest BCUT2D eigenvalue weighted by Gasteiger charge is 2.30. The summed E-state index contributed by atoms with van der Waals surface area (Å²) in [7, 11) is 0. The SMILES string of the molecule is CC(C)(Sc1cccs1)C(=O)Cc1cc(C(C)(C)C)on1. The number of hydrogen-bond acceptors (Lipinski definition) is 5. The molecule has 3 nitrogen and oxygen atoms in total. The van der Waals surface area contributed by atoms with Crippen molar-refractivity contribution in [2.45, 2.75) is 55.4 Å². The monoisotopic (exact) mass is 323 g/mol. The number of nitrogens with zero attached hydrogens (tertiary/aromatic N) is 1. The molecule has 2 aromatic heterocycles. The van der Waals surface area contributed by atoms with Crippen molar-refractivity contribution in [1.29, 1.82) is 0 Å². The number of Topliss-reactive ketones (excluding diaryl/α,β-unsaturated/α-hetero) is 1. The molecule has 2 aromatic rings. The third-order valence-corrected chi connectivity index (χ3v) is 5.44. The summed E-state index contributed by atoms with van der Waals surface area (Å²) in [5.74, 6) is 0.976. The van der Waals surface area contributed by atoms with Gasteiger partial charge in [-0.25, -0.2) is 0 Å². The summed E-state index contributed by atoms with van der Waals surface area (Å²) in [6, 6.07) is 5.93. The van der Waals surface area contributed by atoms with Crippen LogP contribution in [-0.4, -0.2) is 15.7 Å². The van der Waals surface area contributed by atoms with Crippen LogP contribution in [0, 0.1) is 0 Å². The lowest BCUT2D eigenvalue weighted by Crippen LogP contribution is -2.29. The minimum atomic E-state index is -0.467. The Morgan fingerprint density at radius 3 is 2.57 bits per heavy atom. The summed E-state index contributed by atoms with van der Waals surface area (Å²) in [6.45, 7) is 10.1. The Bertz CT molecular complexity index is 607. The van der Waals surface area contributed by atoms with E-state index in [0.717, 1.165) is 9.97 Å². The number of thioether (sulfide) groups is 1. The van der Waals surface area contributed by atoms with Gasteiger partial charge in [-0.15, -0.1) is 23.1 Å². The molecule has 0 saturated heterocycles. The first-order valence-corrected chi connectivity index (χ1v) is 8.60. The van der Waals surface area contributed by atoms with Crippen LogP contribution in [0.2, 0.25) is 0 Å². The van der Waals surface area contributed by atoms with Crippen molar-refractivity contribution in [2.75, 3.05) is 0 Å². The standard InChI is InChI=1S/C16H21NO2S2/c1-15(2,3)13-10-11(17-19-13)9-12(18)16(4,5)21-14-7-6-8-20-14/h6-8,10H,9H2,1-5H3. The van der Waals surface area contributed by atoms with Gasteiger partial charge >= 0.3 is 0 Å². The third-order valence-electron chi connectivity index (χ3n) is 3.16. The Balaban J connectivity index is 2.05. The fourth-order valence-electron chi connectivity index (χ4n) is 1.76. The quantitative estimate of drug-likeness (QED) is 0.747. The van der Waals surface area contributed by atoms with Crippen LogP contribution < -0.4 is 0 Å². The zero-order valence-electron chi connectivity index (χ0n) is 13.1. The van der Waals surface area contributed by atoms with Crippen LogP contribution in [-0.2, 0) is 16.6 Å². The van der Waals surface area contributed by atoms with E-state index in [1.807, 2.05) is 37.4 Å². The molecule has 0 amide bonds. The summed E-state index contributed by atoms with van der Waals surface area (Å²) in [5.41, 5.74) is 0.625. The molecule has 0 atom stereocenters. The molecule has 0 unspecified atom stereocenters. The van der Waals surface area contributed by atoms with Crippen molar-refractivity contribution in [1.82, 2.24) is 5.16 Å². The van der Waals surface area contributed by atoms with Crippen molar-refractivity contribution in [3.63, 3.8) is 0 Å². The fraction of sp³-hybridized carbons (Fsp3) is 0.500. The second kappa shape index (κ2) is 5.97. The molecule has 0 aliphatic rings. The highest BCUT2D eigenvalue weighted by molar-refractivity contribution is 8.03. The van der Waals surface area contributed by atoms with Gasteiger partial charge < -0.3 is 4.52 Å². The van der Waals surface area contributed by atoms with E-state index >= 15 is 0 Å². The lowest BCUT2D eigenvalue weighted by Gasteiger charge is -2.21. The lowest BCUT2D eigenvalue weighted by atomic mass is 9.92. The molecule has 2 rings (SSSR count). The minimum absolute atomic E-state index is 0.0878. The number of rotatable bonds is 5. The summed E-state index contributed by atoms with van der Waals surface area (Å²) in [5, 5.41) is 6.05. The van der Waals surface area contributed by atoms with E-state index in [0.29, 0.717) is 12.1 Å². The molecule has 0 N–H and O–H groups in total. The molecule has 0 fully saturated rings. The average molecular weight is 323 g/mol. The normalized spacial score (nSPS) is 12.6. The molecule has 5 heteroatoms. The highest BCUT2D eigenvalue weighted by Crippen LogP contribution is 2.36. The maximum absolute atomic E-state index is 12.5. The number of carbonyl (C=O) groups excluding carboxylic acids is 1. The second-order valence-electron chi connectivity index (χ2n) is 6.58. The van der Waals surface area contributed by atoms with Gasteiger partial charge in [0.05, 0.1) is 21.1 Å². The molecular weight excluding hydrogens is 302 g/mol. The molecule has 0 aliphatic carbocycles. The van der Waals surface area contributed by atoms with Gasteiger partial charge in [-0.05, 0) is 25.3 Å². The predicted octanol–water partition coefficient (Wildman–Crippen LogP) is 4.72. The number of ketones is 1. The number of carbonyl (C=O) groups is 1. The zero-order chi connectivity index (χ0) is 15.7. The third kappa shape index (κ3) is 4.20. The molecule has 0 bridgehead atoms. The zero-order valence-corrected chi connectivity index (χ0v) is 14.7. The van der Waals surface area contributed by atoms with E-state index in [-0.39, 0.29) is 11.2 Å². The van der Waals surface area contributed by atoms with Crippen molar-refractivity contribution in [2.24, 2.45) is 0 Å². The van der Waals surface area contributed by atoms with Gasteiger partial charge in [0.2, 0.25) is 0 Å². The van der Waals surface area contributed by atoms with Crippen molar-refractivity contribution in [3.05, 3.63) is 35.0 Å². The van der Waals surface area contributed by atoms with Crippen molar-refractivity contribution < 1.29 is 9.32 Å². The summed E-state index contributed by atoms with van der Waals surface area (Å²) in [6.07, 6.45) is 0.310. The predicted molar refractivity (Wildman–Crippen MR) is 88.2 cm³/mol. The molecule has 114 valence electrons. The van der Waals surface area contributed by atoms with Gasteiger partial charge in [0, 0.05) is 11.5 Å². The lowest BCUT2D eigenvalue weighted by molar-refractivity contribution is -0.120. The van der Waals surface area contributed by atoms with Gasteiger partial charge in [-0.3, -0.25) is 4.79 Å². The number of thiophene rings is 1. The topological polar surface area (TPSA) is 43.1 Å². The molecule has 0 aliphatic heterocycles. The molecular formula is C16H21NO2S2. The summed E-state index contributed by atoms with van der Waals surface area (Å²) >= 11 is 3.26. The van der Waals surface area contributed by atoms with Crippen LogP contribution in [0.3, 0.4) is 0 Å². The van der Waals surface area contributed by atoms with Crippen LogP contribution in [0.4, 0.5) is 0 Å².